The van der Waals surface area contributed by atoms with Crippen LogP contribution in [0.2, 0.25) is 0 Å². The van der Waals surface area contributed by atoms with Crippen LogP contribution in [0.25, 0.3) is 0 Å². The van der Waals surface area contributed by atoms with Crippen molar-refractivity contribution >= 4 is 24.9 Å². The number of hydrazine groups is 1. The molecule has 0 aromatic heterocycles. The molecule has 12 nitrogen and oxygen atoms in total. The second-order valence-corrected chi connectivity index (χ2v) is 12.7. The maximum absolute atomic E-state index is 13.5. The van der Waals surface area contributed by atoms with E-state index in [0.29, 0.717) is 31.1 Å². The SMILES string of the molecule is CC(C)CC(NC(=O)[C@H](CCCNC(=N)N[N+](=O)[O-])NC(=O)C1CC1)B1O[C@@H]2C[C@@H]3C[C@@H](C3(C)C)[C@]2(C)O1. The summed E-state index contributed by atoms with van der Waals surface area (Å²) in [5.41, 5.74) is 1.58. The molecule has 212 valence electrons. The first kappa shape index (κ1) is 28.6. The smallest absolute Gasteiger partial charge is 0.404 e. The van der Waals surface area contributed by atoms with Gasteiger partial charge in [0.2, 0.25) is 11.8 Å². The zero-order valence-corrected chi connectivity index (χ0v) is 23.2. The Morgan fingerprint density at radius 1 is 1.18 bits per heavy atom. The average Bonchev–Trinajstić information content (AvgIpc) is 3.60. The van der Waals surface area contributed by atoms with Gasteiger partial charge in [-0.15, -0.1) is 0 Å². The molecular weight excluding hydrogens is 491 g/mol. The number of nitro groups is 1. The first-order valence-electron chi connectivity index (χ1n) is 14.0. The van der Waals surface area contributed by atoms with Crippen molar-refractivity contribution < 1.29 is 23.9 Å². The fourth-order valence-corrected chi connectivity index (χ4v) is 6.65. The zero-order chi connectivity index (χ0) is 27.8. The fraction of sp³-hybridized carbons (Fsp3) is 0.880. The summed E-state index contributed by atoms with van der Waals surface area (Å²) in [6.45, 7) is 11.2. The third-order valence-electron chi connectivity index (χ3n) is 9.11. The topological polar surface area (TPSA) is 168 Å². The Kier molecular flexibility index (Phi) is 8.27. The number of nitrogens with zero attached hydrogens (tertiary/aromatic N) is 1. The molecule has 1 saturated heterocycles. The molecule has 1 unspecified atom stereocenters. The van der Waals surface area contributed by atoms with E-state index in [9.17, 15) is 19.7 Å². The predicted octanol–water partition coefficient (Wildman–Crippen LogP) is 1.77. The van der Waals surface area contributed by atoms with E-state index in [4.69, 9.17) is 14.7 Å². The number of guanidine groups is 1. The number of amides is 2. The highest BCUT2D eigenvalue weighted by Gasteiger charge is 2.68. The van der Waals surface area contributed by atoms with Gasteiger partial charge in [0.05, 0.1) is 17.6 Å². The number of hydrogen-bond donors (Lipinski definition) is 5. The molecule has 6 atom stereocenters. The fourth-order valence-electron chi connectivity index (χ4n) is 6.65. The van der Waals surface area contributed by atoms with Crippen LogP contribution in [-0.4, -0.2) is 60.2 Å². The maximum Gasteiger partial charge on any atom is 0.481 e. The quantitative estimate of drug-likeness (QED) is 0.0631. The number of carbonyl (C=O) groups is 2. The van der Waals surface area contributed by atoms with Crippen molar-refractivity contribution in [1.29, 1.82) is 5.41 Å². The highest BCUT2D eigenvalue weighted by Crippen LogP contribution is 2.65. The third-order valence-corrected chi connectivity index (χ3v) is 9.11. The van der Waals surface area contributed by atoms with E-state index >= 15 is 0 Å². The molecular formula is C25H43BN6O6. The van der Waals surface area contributed by atoms with Gasteiger partial charge in [-0.3, -0.25) is 15.0 Å². The summed E-state index contributed by atoms with van der Waals surface area (Å²) in [5.74, 6) is 0.0750. The predicted molar refractivity (Wildman–Crippen MR) is 141 cm³/mol. The lowest BCUT2D eigenvalue weighted by Crippen LogP contribution is -2.65. The molecule has 5 rings (SSSR count). The molecule has 4 aliphatic carbocycles. The van der Waals surface area contributed by atoms with Crippen LogP contribution in [0.3, 0.4) is 0 Å². The summed E-state index contributed by atoms with van der Waals surface area (Å²) in [4.78, 5) is 36.5. The normalized spacial score (nSPS) is 30.5. The molecule has 13 heteroatoms. The van der Waals surface area contributed by atoms with Crippen molar-refractivity contribution in [2.45, 2.75) is 103 Å². The minimum Gasteiger partial charge on any atom is -0.404 e. The number of nitrogens with one attached hydrogen (secondary N) is 5. The lowest BCUT2D eigenvalue weighted by atomic mass is 9.43. The van der Waals surface area contributed by atoms with E-state index in [-0.39, 0.29) is 53.3 Å². The molecule has 0 aromatic carbocycles. The van der Waals surface area contributed by atoms with Gasteiger partial charge in [0.15, 0.2) is 5.03 Å². The van der Waals surface area contributed by atoms with Crippen molar-refractivity contribution in [2.24, 2.45) is 29.1 Å². The Labute approximate surface area is 224 Å². The highest BCUT2D eigenvalue weighted by molar-refractivity contribution is 6.48. The van der Waals surface area contributed by atoms with Crippen LogP contribution in [0.4, 0.5) is 0 Å². The second kappa shape index (κ2) is 11.0. The first-order chi connectivity index (χ1) is 17.8. The number of rotatable bonds is 12. The Morgan fingerprint density at radius 2 is 1.89 bits per heavy atom. The Hall–Kier alpha value is -2.41. The Bertz CT molecular complexity index is 945. The van der Waals surface area contributed by atoms with E-state index in [1.54, 1.807) is 5.43 Å². The summed E-state index contributed by atoms with van der Waals surface area (Å²) >= 11 is 0. The van der Waals surface area contributed by atoms with Gasteiger partial charge >= 0.3 is 7.12 Å². The molecule has 0 radical (unpaired) electrons. The van der Waals surface area contributed by atoms with E-state index in [1.807, 2.05) is 0 Å². The average molecular weight is 534 g/mol. The van der Waals surface area contributed by atoms with Crippen molar-refractivity contribution in [3.8, 4) is 0 Å². The van der Waals surface area contributed by atoms with Gasteiger partial charge in [0.1, 0.15) is 6.04 Å². The van der Waals surface area contributed by atoms with Crippen molar-refractivity contribution in [1.82, 2.24) is 21.4 Å². The lowest BCUT2D eigenvalue weighted by molar-refractivity contribution is -0.525. The number of carbonyl (C=O) groups excluding carboxylic acids is 2. The van der Waals surface area contributed by atoms with E-state index < -0.39 is 24.2 Å². The minimum atomic E-state index is -0.815. The minimum absolute atomic E-state index is 0.00960. The molecule has 2 bridgehead atoms. The van der Waals surface area contributed by atoms with Crippen molar-refractivity contribution in [3.63, 3.8) is 0 Å². The summed E-state index contributed by atoms with van der Waals surface area (Å²) in [7, 11) is -0.554. The largest absolute Gasteiger partial charge is 0.481 e. The van der Waals surface area contributed by atoms with E-state index in [0.717, 1.165) is 25.7 Å². The Balaban J connectivity index is 1.39. The van der Waals surface area contributed by atoms with Crippen LogP contribution < -0.4 is 21.4 Å². The maximum atomic E-state index is 13.5. The molecule has 1 heterocycles. The summed E-state index contributed by atoms with van der Waals surface area (Å²) in [6, 6.07) is -0.761. The standard InChI is InChI=1S/C25H43BN6O6/c1-14(2)11-20(26-37-19-13-16-12-18(24(16,3)4)25(19,5)38-26)30-22(34)17(29-21(33)15-8-9-15)7-6-10-28-23(27)31-32(35)36/h14-20H,6-13H2,1-5H3,(H,29,33)(H,30,34)(H3,27,28,31)/t16-,17-,18-,19+,20?,25-/m0/s1. The molecule has 0 aromatic rings. The molecule has 38 heavy (non-hydrogen) atoms. The van der Waals surface area contributed by atoms with E-state index in [1.165, 1.54) is 0 Å². The van der Waals surface area contributed by atoms with E-state index in [2.05, 4.69) is 50.6 Å². The highest BCUT2D eigenvalue weighted by atomic mass is 16.7. The summed E-state index contributed by atoms with van der Waals surface area (Å²) in [5, 5.41) is 25.8. The van der Waals surface area contributed by atoms with Crippen LogP contribution in [0, 0.1) is 44.6 Å². The van der Waals surface area contributed by atoms with Gasteiger partial charge < -0.3 is 25.3 Å². The van der Waals surface area contributed by atoms with Crippen molar-refractivity contribution in [2.75, 3.05) is 6.54 Å². The van der Waals surface area contributed by atoms with Crippen LogP contribution in [0.15, 0.2) is 0 Å². The summed E-state index contributed by atoms with van der Waals surface area (Å²) < 4.78 is 13.1. The number of hydrogen-bond acceptors (Lipinski definition) is 7. The van der Waals surface area contributed by atoms with Gasteiger partial charge in [-0.05, 0) is 75.0 Å². The molecule has 0 spiro atoms. The van der Waals surface area contributed by atoms with Gasteiger partial charge in [-0.25, -0.2) is 10.1 Å². The third kappa shape index (κ3) is 6.08. The zero-order valence-electron chi connectivity index (χ0n) is 23.2. The van der Waals surface area contributed by atoms with Crippen LogP contribution in [-0.2, 0) is 18.9 Å². The summed E-state index contributed by atoms with van der Waals surface area (Å²) in [6.07, 6.45) is 5.19. The molecule has 5 fully saturated rings. The molecule has 2 amide bonds. The van der Waals surface area contributed by atoms with Gasteiger partial charge in [-0.1, -0.05) is 33.1 Å². The van der Waals surface area contributed by atoms with Gasteiger partial charge in [0.25, 0.3) is 5.96 Å². The monoisotopic (exact) mass is 534 g/mol. The molecule has 5 N–H and O–H groups in total. The lowest BCUT2D eigenvalue weighted by Gasteiger charge is -2.64. The molecule has 1 aliphatic heterocycles. The van der Waals surface area contributed by atoms with Crippen LogP contribution in [0.5, 0.6) is 0 Å². The molecule has 5 aliphatic rings. The van der Waals surface area contributed by atoms with Crippen LogP contribution >= 0.6 is 0 Å². The van der Waals surface area contributed by atoms with Gasteiger partial charge in [0, 0.05) is 12.5 Å². The molecule has 4 saturated carbocycles. The Morgan fingerprint density at radius 3 is 2.50 bits per heavy atom. The second-order valence-electron chi connectivity index (χ2n) is 12.7. The van der Waals surface area contributed by atoms with Crippen LogP contribution in [0.1, 0.15) is 79.6 Å². The van der Waals surface area contributed by atoms with Gasteiger partial charge in [-0.2, -0.15) is 0 Å². The van der Waals surface area contributed by atoms with Crippen molar-refractivity contribution in [3.05, 3.63) is 10.1 Å². The first-order valence-corrected chi connectivity index (χ1v) is 14.0.